The number of methoxy groups -OCH3 is 1. The van der Waals surface area contributed by atoms with Crippen molar-refractivity contribution in [2.24, 2.45) is 0 Å². The standard InChI is InChI=1S/C14H24N6O/c1-3-7-15-12-17-13(19-14(18-12)21-2)16-10-6-8-20(9-10)11-4-5-11/h10-11H,3-9H2,1-2H3,(H2,15,16,17,18,19). The second-order valence-electron chi connectivity index (χ2n) is 5.75. The predicted molar refractivity (Wildman–Crippen MR) is 81.8 cm³/mol. The molecule has 21 heavy (non-hydrogen) atoms. The zero-order chi connectivity index (χ0) is 14.7. The smallest absolute Gasteiger partial charge is 0.322 e. The Morgan fingerprint density at radius 2 is 2.00 bits per heavy atom. The van der Waals surface area contributed by atoms with Gasteiger partial charge in [-0.25, -0.2) is 0 Å². The van der Waals surface area contributed by atoms with Gasteiger partial charge in [-0.1, -0.05) is 6.92 Å². The molecule has 2 N–H and O–H groups in total. The number of hydrogen-bond donors (Lipinski definition) is 2. The van der Waals surface area contributed by atoms with Crippen molar-refractivity contribution in [3.05, 3.63) is 0 Å². The van der Waals surface area contributed by atoms with E-state index >= 15 is 0 Å². The van der Waals surface area contributed by atoms with E-state index < -0.39 is 0 Å². The Hall–Kier alpha value is -1.63. The minimum atomic E-state index is 0.350. The van der Waals surface area contributed by atoms with Crippen LogP contribution < -0.4 is 15.4 Å². The summed E-state index contributed by atoms with van der Waals surface area (Å²) in [6.07, 6.45) is 4.88. The van der Waals surface area contributed by atoms with Crippen LogP contribution in [-0.2, 0) is 0 Å². The van der Waals surface area contributed by atoms with Crippen molar-refractivity contribution in [3.63, 3.8) is 0 Å². The lowest BCUT2D eigenvalue weighted by atomic mass is 10.3. The van der Waals surface area contributed by atoms with E-state index in [1.807, 2.05) is 0 Å². The monoisotopic (exact) mass is 292 g/mol. The third-order valence-electron chi connectivity index (χ3n) is 3.95. The van der Waals surface area contributed by atoms with Crippen molar-refractivity contribution < 1.29 is 4.74 Å². The normalized spacial score (nSPS) is 22.3. The van der Waals surface area contributed by atoms with Crippen LogP contribution in [0.15, 0.2) is 0 Å². The highest BCUT2D eigenvalue weighted by Gasteiger charge is 2.34. The van der Waals surface area contributed by atoms with Gasteiger partial charge < -0.3 is 15.4 Å². The largest absolute Gasteiger partial charge is 0.467 e. The molecule has 0 radical (unpaired) electrons. The number of nitrogens with zero attached hydrogens (tertiary/aromatic N) is 4. The molecule has 1 aliphatic carbocycles. The molecule has 2 aliphatic rings. The molecule has 0 aromatic carbocycles. The van der Waals surface area contributed by atoms with E-state index in [1.54, 1.807) is 7.11 Å². The third kappa shape index (κ3) is 3.72. The van der Waals surface area contributed by atoms with E-state index in [4.69, 9.17) is 4.74 Å². The Labute approximate surface area is 125 Å². The highest BCUT2D eigenvalue weighted by Crippen LogP contribution is 2.30. The van der Waals surface area contributed by atoms with Crippen LogP contribution >= 0.6 is 0 Å². The van der Waals surface area contributed by atoms with E-state index in [2.05, 4.69) is 37.4 Å². The van der Waals surface area contributed by atoms with Crippen molar-refractivity contribution in [3.8, 4) is 6.01 Å². The summed E-state index contributed by atoms with van der Waals surface area (Å²) in [6, 6.07) is 1.59. The maximum absolute atomic E-state index is 5.16. The van der Waals surface area contributed by atoms with E-state index in [9.17, 15) is 0 Å². The van der Waals surface area contributed by atoms with Gasteiger partial charge in [0.05, 0.1) is 7.11 Å². The first-order chi connectivity index (χ1) is 10.3. The second-order valence-corrected chi connectivity index (χ2v) is 5.75. The molecule has 7 heteroatoms. The molecule has 3 rings (SSSR count). The summed E-state index contributed by atoms with van der Waals surface area (Å²) in [6.45, 7) is 5.20. The molecule has 1 unspecified atom stereocenters. The SMILES string of the molecule is CCCNc1nc(NC2CCN(C3CC3)C2)nc(OC)n1. The van der Waals surface area contributed by atoms with Gasteiger partial charge in [-0.15, -0.1) is 0 Å². The van der Waals surface area contributed by atoms with E-state index in [0.29, 0.717) is 23.9 Å². The van der Waals surface area contributed by atoms with E-state index in [-0.39, 0.29) is 0 Å². The number of nitrogens with one attached hydrogen (secondary N) is 2. The van der Waals surface area contributed by atoms with Gasteiger partial charge in [-0.3, -0.25) is 4.90 Å². The van der Waals surface area contributed by atoms with Crippen LogP contribution in [0, 0.1) is 0 Å². The number of aromatic nitrogens is 3. The molecule has 1 aromatic rings. The zero-order valence-electron chi connectivity index (χ0n) is 12.8. The van der Waals surface area contributed by atoms with Crippen LogP contribution in [-0.4, -0.2) is 58.7 Å². The van der Waals surface area contributed by atoms with Gasteiger partial charge in [-0.2, -0.15) is 15.0 Å². The first-order valence-electron chi connectivity index (χ1n) is 7.83. The molecule has 0 spiro atoms. The lowest BCUT2D eigenvalue weighted by Gasteiger charge is -2.16. The molecular weight excluding hydrogens is 268 g/mol. The Morgan fingerprint density at radius 3 is 2.71 bits per heavy atom. The fourth-order valence-corrected chi connectivity index (χ4v) is 2.69. The van der Waals surface area contributed by atoms with Crippen LogP contribution in [0.3, 0.4) is 0 Å². The first-order valence-corrected chi connectivity index (χ1v) is 7.83. The number of hydrogen-bond acceptors (Lipinski definition) is 7. The highest BCUT2D eigenvalue weighted by atomic mass is 16.5. The lowest BCUT2D eigenvalue weighted by molar-refractivity contribution is 0.326. The van der Waals surface area contributed by atoms with E-state index in [0.717, 1.165) is 32.0 Å². The van der Waals surface area contributed by atoms with Crippen LogP contribution in [0.5, 0.6) is 6.01 Å². The lowest BCUT2D eigenvalue weighted by Crippen LogP contribution is -2.28. The van der Waals surface area contributed by atoms with Gasteiger partial charge in [-0.05, 0) is 25.7 Å². The van der Waals surface area contributed by atoms with Crippen molar-refractivity contribution in [2.45, 2.75) is 44.7 Å². The minimum Gasteiger partial charge on any atom is -0.467 e. The van der Waals surface area contributed by atoms with Gasteiger partial charge in [0.25, 0.3) is 0 Å². The molecule has 1 saturated carbocycles. The molecule has 1 aromatic heterocycles. The number of rotatable bonds is 7. The van der Waals surface area contributed by atoms with Gasteiger partial charge >= 0.3 is 6.01 Å². The van der Waals surface area contributed by atoms with Gasteiger partial charge in [0.15, 0.2) is 0 Å². The molecule has 2 heterocycles. The van der Waals surface area contributed by atoms with Crippen LogP contribution in [0.1, 0.15) is 32.6 Å². The highest BCUT2D eigenvalue weighted by molar-refractivity contribution is 5.36. The Balaban J connectivity index is 1.63. The average Bonchev–Trinajstić information content (AvgIpc) is 3.25. The molecule has 0 amide bonds. The molecule has 1 aliphatic heterocycles. The fraction of sp³-hybridized carbons (Fsp3) is 0.786. The summed E-state index contributed by atoms with van der Waals surface area (Å²) in [5, 5.41) is 6.60. The van der Waals surface area contributed by atoms with Gasteiger partial charge in [0, 0.05) is 31.7 Å². The Morgan fingerprint density at radius 1 is 1.19 bits per heavy atom. The molecule has 1 saturated heterocycles. The summed E-state index contributed by atoms with van der Waals surface area (Å²) >= 11 is 0. The molecule has 1 atom stereocenters. The van der Waals surface area contributed by atoms with E-state index in [1.165, 1.54) is 19.4 Å². The summed E-state index contributed by atoms with van der Waals surface area (Å²) in [5.41, 5.74) is 0. The first kappa shape index (κ1) is 14.3. The van der Waals surface area contributed by atoms with Crippen LogP contribution in [0.4, 0.5) is 11.9 Å². The van der Waals surface area contributed by atoms with Gasteiger partial charge in [0.1, 0.15) is 0 Å². The molecular formula is C14H24N6O. The Bertz CT molecular complexity index is 479. The summed E-state index contributed by atoms with van der Waals surface area (Å²) in [4.78, 5) is 15.5. The zero-order valence-corrected chi connectivity index (χ0v) is 12.8. The second kappa shape index (κ2) is 6.43. The average molecular weight is 292 g/mol. The maximum atomic E-state index is 5.16. The molecule has 7 nitrogen and oxygen atoms in total. The third-order valence-corrected chi connectivity index (χ3v) is 3.95. The summed E-state index contributed by atoms with van der Waals surface area (Å²) < 4.78 is 5.16. The summed E-state index contributed by atoms with van der Waals surface area (Å²) in [5.74, 6) is 1.17. The quantitative estimate of drug-likeness (QED) is 0.785. The number of likely N-dealkylation sites (tertiary alicyclic amines) is 1. The minimum absolute atomic E-state index is 0.350. The topological polar surface area (TPSA) is 75.2 Å². The van der Waals surface area contributed by atoms with Crippen molar-refractivity contribution in [1.82, 2.24) is 19.9 Å². The molecule has 116 valence electrons. The Kier molecular flexibility index (Phi) is 4.38. The van der Waals surface area contributed by atoms with Crippen LogP contribution in [0.25, 0.3) is 0 Å². The van der Waals surface area contributed by atoms with Gasteiger partial charge in [0.2, 0.25) is 11.9 Å². The van der Waals surface area contributed by atoms with Crippen molar-refractivity contribution in [1.29, 1.82) is 0 Å². The van der Waals surface area contributed by atoms with Crippen LogP contribution in [0.2, 0.25) is 0 Å². The fourth-order valence-electron chi connectivity index (χ4n) is 2.69. The number of anilines is 2. The number of ether oxygens (including phenoxy) is 1. The summed E-state index contributed by atoms with van der Waals surface area (Å²) in [7, 11) is 1.58. The molecule has 2 fully saturated rings. The molecule has 0 bridgehead atoms. The predicted octanol–water partition coefficient (Wildman–Crippen LogP) is 1.35. The van der Waals surface area contributed by atoms with Crippen molar-refractivity contribution in [2.75, 3.05) is 37.4 Å². The van der Waals surface area contributed by atoms with Crippen molar-refractivity contribution >= 4 is 11.9 Å². The maximum Gasteiger partial charge on any atom is 0.322 e.